The molecule has 1 N–H and O–H groups in total. The molecule has 1 heterocycles. The number of anilines is 2. The number of carbonyl (C=O) groups excluding carboxylic acids is 2. The Morgan fingerprint density at radius 1 is 0.774 bits per heavy atom. The van der Waals surface area contributed by atoms with E-state index in [0.29, 0.717) is 17.3 Å². The van der Waals surface area contributed by atoms with Gasteiger partial charge in [0.1, 0.15) is 17.3 Å². The molecule has 4 rings (SSSR count). The summed E-state index contributed by atoms with van der Waals surface area (Å²) in [6.07, 6.45) is 0. The van der Waals surface area contributed by atoms with Crippen LogP contribution in [0.2, 0.25) is 0 Å². The minimum absolute atomic E-state index is 0.0459. The Hall–Kier alpha value is -3.80. The maximum Gasteiger partial charge on any atom is 0.282 e. The number of imide groups is 1. The minimum Gasteiger partial charge on any atom is -0.350 e. The molecule has 0 aromatic heterocycles. The van der Waals surface area contributed by atoms with Gasteiger partial charge in [0.2, 0.25) is 0 Å². The van der Waals surface area contributed by atoms with Gasteiger partial charge in [-0.25, -0.2) is 13.7 Å². The van der Waals surface area contributed by atoms with E-state index in [-0.39, 0.29) is 17.0 Å². The smallest absolute Gasteiger partial charge is 0.282 e. The minimum atomic E-state index is -0.988. The summed E-state index contributed by atoms with van der Waals surface area (Å²) in [5.41, 5.74) is 3.94. The van der Waals surface area contributed by atoms with E-state index in [1.165, 1.54) is 0 Å². The fourth-order valence-electron chi connectivity index (χ4n) is 3.65. The van der Waals surface area contributed by atoms with Crippen molar-refractivity contribution in [1.29, 1.82) is 0 Å². The van der Waals surface area contributed by atoms with Crippen LogP contribution in [0.25, 0.3) is 5.57 Å². The second-order valence-electron chi connectivity index (χ2n) is 7.60. The standard InChI is InChI=1S/C25H20F2N2O2/c1-14-4-8-18(9-5-14)28-23-22(19-10-6-15(2)12-16(19)3)24(30)29(25(23)31)21-11-7-17(26)13-20(21)27/h4-13,28H,1-3H3. The maximum atomic E-state index is 14.5. The van der Waals surface area contributed by atoms with E-state index in [9.17, 15) is 18.4 Å². The first-order valence-electron chi connectivity index (χ1n) is 9.75. The number of hydrogen-bond donors (Lipinski definition) is 1. The van der Waals surface area contributed by atoms with Crippen LogP contribution in [-0.4, -0.2) is 11.8 Å². The molecule has 2 amide bonds. The molecule has 0 saturated heterocycles. The molecular weight excluding hydrogens is 398 g/mol. The molecule has 0 unspecified atom stereocenters. The molecule has 3 aromatic carbocycles. The van der Waals surface area contributed by atoms with E-state index in [2.05, 4.69) is 5.32 Å². The van der Waals surface area contributed by atoms with Crippen LogP contribution >= 0.6 is 0 Å². The zero-order chi connectivity index (χ0) is 22.3. The van der Waals surface area contributed by atoms with Crippen LogP contribution in [0.4, 0.5) is 20.2 Å². The predicted molar refractivity (Wildman–Crippen MR) is 116 cm³/mol. The van der Waals surface area contributed by atoms with Crippen LogP contribution in [0.3, 0.4) is 0 Å². The number of nitrogens with zero attached hydrogens (tertiary/aromatic N) is 1. The Balaban J connectivity index is 1.87. The maximum absolute atomic E-state index is 14.5. The van der Waals surface area contributed by atoms with Crippen molar-refractivity contribution < 1.29 is 18.4 Å². The van der Waals surface area contributed by atoms with E-state index >= 15 is 0 Å². The van der Waals surface area contributed by atoms with Crippen molar-refractivity contribution in [2.45, 2.75) is 20.8 Å². The van der Waals surface area contributed by atoms with Crippen molar-refractivity contribution in [2.24, 2.45) is 0 Å². The Morgan fingerprint density at radius 2 is 1.45 bits per heavy atom. The van der Waals surface area contributed by atoms with Gasteiger partial charge >= 0.3 is 0 Å². The normalized spacial score (nSPS) is 13.9. The van der Waals surface area contributed by atoms with Gasteiger partial charge in [0.05, 0.1) is 11.3 Å². The summed E-state index contributed by atoms with van der Waals surface area (Å²) in [6, 6.07) is 15.6. The summed E-state index contributed by atoms with van der Waals surface area (Å²) >= 11 is 0. The lowest BCUT2D eigenvalue weighted by atomic mass is 9.97. The zero-order valence-corrected chi connectivity index (χ0v) is 17.3. The number of nitrogens with one attached hydrogen (secondary N) is 1. The number of rotatable bonds is 4. The first-order valence-corrected chi connectivity index (χ1v) is 9.75. The summed E-state index contributed by atoms with van der Waals surface area (Å²) in [5, 5.41) is 3.04. The van der Waals surface area contributed by atoms with Gasteiger partial charge in [-0.05, 0) is 56.2 Å². The molecule has 0 radical (unpaired) electrons. The van der Waals surface area contributed by atoms with Crippen molar-refractivity contribution in [3.8, 4) is 0 Å². The van der Waals surface area contributed by atoms with Gasteiger partial charge in [-0.2, -0.15) is 0 Å². The van der Waals surface area contributed by atoms with Crippen molar-refractivity contribution in [1.82, 2.24) is 0 Å². The van der Waals surface area contributed by atoms with E-state index in [1.54, 1.807) is 18.2 Å². The number of benzene rings is 3. The van der Waals surface area contributed by atoms with E-state index in [1.807, 2.05) is 45.0 Å². The Bertz CT molecular complexity index is 1250. The Labute approximate surface area is 178 Å². The number of halogens is 2. The zero-order valence-electron chi connectivity index (χ0n) is 17.3. The Morgan fingerprint density at radius 3 is 2.10 bits per heavy atom. The molecule has 1 aliphatic rings. The highest BCUT2D eigenvalue weighted by atomic mass is 19.1. The molecular formula is C25H20F2N2O2. The molecule has 1 aliphatic heterocycles. The molecule has 0 aliphatic carbocycles. The van der Waals surface area contributed by atoms with Crippen molar-refractivity contribution in [2.75, 3.05) is 10.2 Å². The van der Waals surface area contributed by atoms with Crippen LogP contribution in [0.1, 0.15) is 22.3 Å². The van der Waals surface area contributed by atoms with Crippen molar-refractivity contribution in [3.05, 3.63) is 100 Å². The van der Waals surface area contributed by atoms with Crippen molar-refractivity contribution >= 4 is 28.8 Å². The molecule has 0 fully saturated rings. The van der Waals surface area contributed by atoms with Gasteiger partial charge in [0.25, 0.3) is 11.8 Å². The summed E-state index contributed by atoms with van der Waals surface area (Å²) < 4.78 is 27.9. The number of carbonyl (C=O) groups is 2. The van der Waals surface area contributed by atoms with Gasteiger partial charge < -0.3 is 5.32 Å². The largest absolute Gasteiger partial charge is 0.350 e. The monoisotopic (exact) mass is 418 g/mol. The van der Waals surface area contributed by atoms with Crippen LogP contribution < -0.4 is 10.2 Å². The molecule has 0 saturated carbocycles. The highest BCUT2D eigenvalue weighted by molar-refractivity contribution is 6.46. The molecule has 6 heteroatoms. The quantitative estimate of drug-likeness (QED) is 0.586. The van der Waals surface area contributed by atoms with Gasteiger partial charge in [-0.15, -0.1) is 0 Å². The fourth-order valence-corrected chi connectivity index (χ4v) is 3.65. The van der Waals surface area contributed by atoms with Crippen molar-refractivity contribution in [3.63, 3.8) is 0 Å². The summed E-state index contributed by atoms with van der Waals surface area (Å²) in [6.45, 7) is 5.71. The second-order valence-corrected chi connectivity index (χ2v) is 7.60. The highest BCUT2D eigenvalue weighted by Crippen LogP contribution is 2.36. The first-order chi connectivity index (χ1) is 14.8. The van der Waals surface area contributed by atoms with E-state index in [4.69, 9.17) is 0 Å². The molecule has 31 heavy (non-hydrogen) atoms. The molecule has 0 bridgehead atoms. The van der Waals surface area contributed by atoms with E-state index in [0.717, 1.165) is 33.7 Å². The summed E-state index contributed by atoms with van der Waals surface area (Å²) in [7, 11) is 0. The van der Waals surface area contributed by atoms with Gasteiger partial charge in [-0.3, -0.25) is 9.59 Å². The number of aryl methyl sites for hydroxylation is 3. The van der Waals surface area contributed by atoms with Gasteiger partial charge in [-0.1, -0.05) is 41.5 Å². The summed E-state index contributed by atoms with van der Waals surface area (Å²) in [4.78, 5) is 27.5. The third-order valence-corrected chi connectivity index (χ3v) is 5.21. The second kappa shape index (κ2) is 7.80. The molecule has 0 spiro atoms. The average molecular weight is 418 g/mol. The topological polar surface area (TPSA) is 49.4 Å². The molecule has 156 valence electrons. The van der Waals surface area contributed by atoms with E-state index < -0.39 is 23.4 Å². The molecule has 3 aromatic rings. The summed E-state index contributed by atoms with van der Waals surface area (Å²) in [5.74, 6) is -3.15. The SMILES string of the molecule is Cc1ccc(NC2=C(c3ccc(C)cc3C)C(=O)N(c3ccc(F)cc3F)C2=O)cc1. The Kier molecular flexibility index (Phi) is 5.15. The lowest BCUT2D eigenvalue weighted by Crippen LogP contribution is -2.33. The lowest BCUT2D eigenvalue weighted by molar-refractivity contribution is -0.120. The lowest BCUT2D eigenvalue weighted by Gasteiger charge is -2.16. The molecule has 4 nitrogen and oxygen atoms in total. The highest BCUT2D eigenvalue weighted by Gasteiger charge is 2.41. The van der Waals surface area contributed by atoms with Gasteiger partial charge in [0.15, 0.2) is 0 Å². The number of amides is 2. The van der Waals surface area contributed by atoms with Crippen LogP contribution in [0.15, 0.2) is 66.4 Å². The first kappa shape index (κ1) is 20.5. The van der Waals surface area contributed by atoms with Crippen LogP contribution in [0, 0.1) is 32.4 Å². The number of hydrogen-bond acceptors (Lipinski definition) is 3. The predicted octanol–water partition coefficient (Wildman–Crippen LogP) is 5.29. The van der Waals surface area contributed by atoms with Crippen LogP contribution in [0.5, 0.6) is 0 Å². The third-order valence-electron chi connectivity index (χ3n) is 5.21. The van der Waals surface area contributed by atoms with Crippen LogP contribution in [-0.2, 0) is 9.59 Å². The average Bonchev–Trinajstić information content (AvgIpc) is 2.94. The third kappa shape index (κ3) is 3.72. The molecule has 0 atom stereocenters. The van der Waals surface area contributed by atoms with Gasteiger partial charge in [0, 0.05) is 11.8 Å². The fraction of sp³-hybridized carbons (Fsp3) is 0.120.